The van der Waals surface area contributed by atoms with Crippen LogP contribution in [0, 0.1) is 41.9 Å². The highest BCUT2D eigenvalue weighted by atomic mass is 16.6. The fourth-order valence-electron chi connectivity index (χ4n) is 7.08. The molecule has 0 N–H and O–H groups in total. The lowest BCUT2D eigenvalue weighted by Gasteiger charge is -2.30. The lowest BCUT2D eigenvalue weighted by Crippen LogP contribution is -2.42. The first kappa shape index (κ1) is 39.6. The zero-order valence-corrected chi connectivity index (χ0v) is 32.6. The van der Waals surface area contributed by atoms with Gasteiger partial charge >= 0.3 is 11.9 Å². The molecular formula is C47H56O6. The average molecular weight is 717 g/mol. The molecule has 280 valence electrons. The van der Waals surface area contributed by atoms with Crippen molar-refractivity contribution in [3.8, 4) is 11.8 Å². The van der Waals surface area contributed by atoms with Crippen LogP contribution in [0.5, 0.6) is 0 Å². The molecule has 2 heterocycles. The van der Waals surface area contributed by atoms with Gasteiger partial charge in [-0.05, 0) is 99.2 Å². The van der Waals surface area contributed by atoms with Crippen LogP contribution in [0.25, 0.3) is 11.0 Å². The van der Waals surface area contributed by atoms with E-state index < -0.39 is 11.0 Å². The van der Waals surface area contributed by atoms with Crippen LogP contribution < -0.4 is 0 Å². The molecule has 0 aliphatic carbocycles. The Bertz CT molecular complexity index is 1910. The SMILES string of the molecule is CC[C@@](C)(Cc1cc2cc(C#Cc3ccc(C)cc3)ccc2o1)C(=O)OC[C@]1(COCc2ccccc2)C/C(=C\CC(CC(C)C)CC(C)C)C(=O)O1. The van der Waals surface area contributed by atoms with Crippen molar-refractivity contribution in [1.29, 1.82) is 0 Å². The van der Waals surface area contributed by atoms with Gasteiger partial charge in [0.15, 0.2) is 5.60 Å². The summed E-state index contributed by atoms with van der Waals surface area (Å²) in [6.45, 7) is 15.3. The summed E-state index contributed by atoms with van der Waals surface area (Å²) in [6, 6.07) is 25.9. The predicted molar refractivity (Wildman–Crippen MR) is 211 cm³/mol. The lowest BCUT2D eigenvalue weighted by molar-refractivity contribution is -0.175. The van der Waals surface area contributed by atoms with E-state index in [9.17, 15) is 9.59 Å². The van der Waals surface area contributed by atoms with Gasteiger partial charge in [0.2, 0.25) is 0 Å². The van der Waals surface area contributed by atoms with Crippen molar-refractivity contribution in [2.75, 3.05) is 13.2 Å². The maximum atomic E-state index is 13.9. The van der Waals surface area contributed by atoms with Crippen molar-refractivity contribution in [1.82, 2.24) is 0 Å². The molecule has 53 heavy (non-hydrogen) atoms. The number of ether oxygens (including phenoxy) is 3. The van der Waals surface area contributed by atoms with Crippen LogP contribution in [0.3, 0.4) is 0 Å². The number of allylic oxidation sites excluding steroid dienone is 1. The van der Waals surface area contributed by atoms with Crippen LogP contribution in [-0.2, 0) is 36.8 Å². The Labute approximate surface area is 316 Å². The van der Waals surface area contributed by atoms with E-state index in [2.05, 4.69) is 64.7 Å². The monoisotopic (exact) mass is 716 g/mol. The van der Waals surface area contributed by atoms with E-state index in [-0.39, 0.29) is 25.2 Å². The molecule has 0 spiro atoms. The molecular weight excluding hydrogens is 661 g/mol. The van der Waals surface area contributed by atoms with E-state index in [1.807, 2.05) is 80.6 Å². The number of aryl methyl sites for hydroxylation is 1. The Morgan fingerprint density at radius 2 is 1.60 bits per heavy atom. The smallest absolute Gasteiger partial charge is 0.334 e. The number of carbonyl (C=O) groups is 2. The van der Waals surface area contributed by atoms with Crippen molar-refractivity contribution in [2.24, 2.45) is 23.2 Å². The Morgan fingerprint density at radius 3 is 2.28 bits per heavy atom. The summed E-state index contributed by atoms with van der Waals surface area (Å²) in [5.41, 5.74) is 3.46. The Balaban J connectivity index is 1.29. The minimum absolute atomic E-state index is 0.0934. The molecule has 4 aromatic rings. The number of rotatable bonds is 16. The van der Waals surface area contributed by atoms with Crippen molar-refractivity contribution in [3.63, 3.8) is 0 Å². The van der Waals surface area contributed by atoms with E-state index in [0.717, 1.165) is 46.9 Å². The molecule has 0 amide bonds. The second-order valence-electron chi connectivity index (χ2n) is 16.1. The summed E-state index contributed by atoms with van der Waals surface area (Å²) in [6.07, 6.45) is 6.28. The largest absolute Gasteiger partial charge is 0.461 e. The summed E-state index contributed by atoms with van der Waals surface area (Å²) in [5.74, 6) is 8.08. The fourth-order valence-corrected chi connectivity index (χ4v) is 7.08. The standard InChI is InChI=1S/C47H56O6/c1-8-46(7,29-42-27-41-26-37(21-23-43(41)52-42)19-18-36-16-14-35(6)15-17-36)45(49)51-32-47(31-50-30-38-12-10-9-11-13-38)28-40(44(48)53-47)22-20-39(24-33(2)3)25-34(4)5/h9-17,21-23,26-27,33-34,39H,8,20,24-25,28-32H2,1-7H3/b40-22+/t46-,47+/m0/s1. The van der Waals surface area contributed by atoms with E-state index in [1.54, 1.807) is 0 Å². The van der Waals surface area contributed by atoms with Gasteiger partial charge in [0.25, 0.3) is 0 Å². The number of esters is 2. The van der Waals surface area contributed by atoms with Gasteiger partial charge in [-0.3, -0.25) is 4.79 Å². The molecule has 3 aromatic carbocycles. The zero-order chi connectivity index (χ0) is 38.0. The number of hydrogen-bond donors (Lipinski definition) is 0. The predicted octanol–water partition coefficient (Wildman–Crippen LogP) is 10.6. The fraction of sp³-hybridized carbons (Fsp3) is 0.447. The van der Waals surface area contributed by atoms with Gasteiger partial charge in [-0.2, -0.15) is 0 Å². The van der Waals surface area contributed by atoms with E-state index in [4.69, 9.17) is 18.6 Å². The molecule has 1 fully saturated rings. The third-order valence-corrected chi connectivity index (χ3v) is 10.1. The molecule has 6 nitrogen and oxygen atoms in total. The van der Waals surface area contributed by atoms with Crippen LogP contribution in [0.2, 0.25) is 0 Å². The second kappa shape index (κ2) is 18.0. The van der Waals surface area contributed by atoms with Crippen molar-refractivity contribution >= 4 is 22.9 Å². The first-order valence-corrected chi connectivity index (χ1v) is 19.2. The highest BCUT2D eigenvalue weighted by molar-refractivity contribution is 5.91. The number of fused-ring (bicyclic) bond motifs is 1. The topological polar surface area (TPSA) is 75.0 Å². The molecule has 1 aliphatic heterocycles. The van der Waals surface area contributed by atoms with E-state index >= 15 is 0 Å². The van der Waals surface area contributed by atoms with Crippen molar-refractivity contribution < 1.29 is 28.2 Å². The van der Waals surface area contributed by atoms with Crippen molar-refractivity contribution in [3.05, 3.63) is 119 Å². The van der Waals surface area contributed by atoms with Crippen LogP contribution >= 0.6 is 0 Å². The molecule has 6 heteroatoms. The summed E-state index contributed by atoms with van der Waals surface area (Å²) < 4.78 is 24.5. The van der Waals surface area contributed by atoms with E-state index in [1.165, 1.54) is 5.56 Å². The van der Waals surface area contributed by atoms with Crippen molar-refractivity contribution in [2.45, 2.75) is 99.2 Å². The third-order valence-electron chi connectivity index (χ3n) is 10.1. The average Bonchev–Trinajstić information content (AvgIpc) is 3.67. The van der Waals surface area contributed by atoms with Gasteiger partial charge in [0.05, 0.1) is 18.6 Å². The summed E-state index contributed by atoms with van der Waals surface area (Å²) >= 11 is 0. The van der Waals surface area contributed by atoms with Gasteiger partial charge in [0.1, 0.15) is 18.0 Å². The Morgan fingerprint density at radius 1 is 0.925 bits per heavy atom. The minimum atomic E-state index is -1.11. The van der Waals surface area contributed by atoms with Gasteiger partial charge in [0, 0.05) is 34.9 Å². The summed E-state index contributed by atoms with van der Waals surface area (Å²) in [5, 5.41) is 0.929. The molecule has 0 radical (unpaired) electrons. The highest BCUT2D eigenvalue weighted by Gasteiger charge is 2.46. The maximum absolute atomic E-state index is 13.9. The van der Waals surface area contributed by atoms with Crippen LogP contribution in [0.4, 0.5) is 0 Å². The van der Waals surface area contributed by atoms with Gasteiger partial charge < -0.3 is 18.6 Å². The normalized spacial score (nSPS) is 17.7. The number of furan rings is 1. The molecule has 2 atom stereocenters. The highest BCUT2D eigenvalue weighted by Crippen LogP contribution is 2.36. The Hall–Kier alpha value is -4.60. The molecule has 0 saturated carbocycles. The molecule has 1 saturated heterocycles. The van der Waals surface area contributed by atoms with Gasteiger partial charge in [-0.1, -0.05) is 101 Å². The van der Waals surface area contributed by atoms with E-state index in [0.29, 0.717) is 55.0 Å². The molecule has 1 aromatic heterocycles. The number of carbonyl (C=O) groups excluding carboxylic acids is 2. The molecule has 0 bridgehead atoms. The first-order chi connectivity index (χ1) is 25.3. The second-order valence-corrected chi connectivity index (χ2v) is 16.1. The van der Waals surface area contributed by atoms with Crippen LogP contribution in [0.15, 0.2) is 94.9 Å². The lowest BCUT2D eigenvalue weighted by atomic mass is 9.83. The number of benzene rings is 3. The molecule has 1 aliphatic rings. The first-order valence-electron chi connectivity index (χ1n) is 19.2. The summed E-state index contributed by atoms with van der Waals surface area (Å²) in [7, 11) is 0. The third kappa shape index (κ3) is 11.2. The number of cyclic esters (lactones) is 1. The minimum Gasteiger partial charge on any atom is -0.461 e. The van der Waals surface area contributed by atoms with Crippen LogP contribution in [-0.4, -0.2) is 30.8 Å². The van der Waals surface area contributed by atoms with Gasteiger partial charge in [-0.25, -0.2) is 4.79 Å². The Kier molecular flexibility index (Phi) is 13.4. The number of hydrogen-bond acceptors (Lipinski definition) is 6. The summed E-state index contributed by atoms with van der Waals surface area (Å²) in [4.78, 5) is 27.3. The van der Waals surface area contributed by atoms with Gasteiger partial charge in [-0.15, -0.1) is 0 Å². The zero-order valence-electron chi connectivity index (χ0n) is 32.6. The molecule has 5 rings (SSSR count). The molecule has 0 unspecified atom stereocenters. The maximum Gasteiger partial charge on any atom is 0.334 e. The quantitative estimate of drug-likeness (QED) is 0.0653. The van der Waals surface area contributed by atoms with Crippen LogP contribution in [0.1, 0.15) is 102 Å².